The first-order valence-electron chi connectivity index (χ1n) is 8.41. The van der Waals surface area contributed by atoms with Crippen LogP contribution in [-0.2, 0) is 11.8 Å². The van der Waals surface area contributed by atoms with Crippen molar-refractivity contribution < 1.29 is 9.59 Å². The summed E-state index contributed by atoms with van der Waals surface area (Å²) in [6.45, 7) is 2.23. The van der Waals surface area contributed by atoms with Gasteiger partial charge in [-0.25, -0.2) is 0 Å². The van der Waals surface area contributed by atoms with E-state index in [-0.39, 0.29) is 17.4 Å². The molecule has 0 aromatic carbocycles. The lowest BCUT2D eigenvalue weighted by Gasteiger charge is -2.46. The average Bonchev–Trinajstić information content (AvgIpc) is 3.32. The third kappa shape index (κ3) is 2.62. The fraction of sp³-hybridized carbons (Fsp3) is 0.471. The molecule has 1 unspecified atom stereocenters. The van der Waals surface area contributed by atoms with Crippen LogP contribution in [0, 0.1) is 0 Å². The van der Waals surface area contributed by atoms with Crippen molar-refractivity contribution in [2.45, 2.75) is 12.0 Å². The van der Waals surface area contributed by atoms with Gasteiger partial charge in [0.2, 0.25) is 5.91 Å². The standard InChI is InChI=1S/C17H22N6O2/c1-20-10-15(24)23(13-8-19-21(2)9-13)12-17(20)5-7-22(11-17)16(25)14-4-3-6-18-14/h3-4,6,8-9,18H,5,7,10-12H2,1-2H3. The van der Waals surface area contributed by atoms with Gasteiger partial charge in [0, 0.05) is 39.1 Å². The van der Waals surface area contributed by atoms with Gasteiger partial charge in [-0.2, -0.15) is 5.10 Å². The minimum atomic E-state index is -0.216. The number of hydrogen-bond acceptors (Lipinski definition) is 4. The smallest absolute Gasteiger partial charge is 0.270 e. The molecular formula is C17H22N6O2. The van der Waals surface area contributed by atoms with Crippen molar-refractivity contribution in [3.05, 3.63) is 36.4 Å². The number of likely N-dealkylation sites (N-methyl/N-ethyl adjacent to an activating group) is 1. The predicted octanol–water partition coefficient (Wildman–Crippen LogP) is 0.312. The van der Waals surface area contributed by atoms with E-state index >= 15 is 0 Å². The van der Waals surface area contributed by atoms with Gasteiger partial charge in [-0.1, -0.05) is 0 Å². The molecular weight excluding hydrogens is 320 g/mol. The number of nitrogens with zero attached hydrogens (tertiary/aromatic N) is 5. The Morgan fingerprint density at radius 1 is 1.32 bits per heavy atom. The molecule has 2 fully saturated rings. The van der Waals surface area contributed by atoms with Crippen molar-refractivity contribution in [1.82, 2.24) is 24.6 Å². The predicted molar refractivity (Wildman–Crippen MR) is 92.2 cm³/mol. The van der Waals surface area contributed by atoms with Crippen LogP contribution in [-0.4, -0.2) is 75.1 Å². The summed E-state index contributed by atoms with van der Waals surface area (Å²) < 4.78 is 1.70. The number of aromatic amines is 1. The maximum atomic E-state index is 12.6. The first-order valence-corrected chi connectivity index (χ1v) is 8.41. The summed E-state index contributed by atoms with van der Waals surface area (Å²) in [7, 11) is 3.81. The van der Waals surface area contributed by atoms with Gasteiger partial charge >= 0.3 is 0 Å². The van der Waals surface area contributed by atoms with Crippen molar-refractivity contribution in [3.8, 4) is 0 Å². The van der Waals surface area contributed by atoms with Crippen LogP contribution in [0.3, 0.4) is 0 Å². The summed E-state index contributed by atoms with van der Waals surface area (Å²) in [6.07, 6.45) is 6.18. The van der Waals surface area contributed by atoms with Crippen LogP contribution in [0.4, 0.5) is 5.69 Å². The van der Waals surface area contributed by atoms with Crippen LogP contribution in [0.5, 0.6) is 0 Å². The van der Waals surface area contributed by atoms with E-state index in [2.05, 4.69) is 15.0 Å². The van der Waals surface area contributed by atoms with E-state index in [9.17, 15) is 9.59 Å². The topological polar surface area (TPSA) is 77.5 Å². The zero-order valence-corrected chi connectivity index (χ0v) is 14.5. The second-order valence-electron chi connectivity index (χ2n) is 6.99. The van der Waals surface area contributed by atoms with E-state index in [4.69, 9.17) is 0 Å². The summed E-state index contributed by atoms with van der Waals surface area (Å²) in [5.41, 5.74) is 1.20. The lowest BCUT2D eigenvalue weighted by Crippen LogP contribution is -2.64. The Morgan fingerprint density at radius 3 is 2.84 bits per heavy atom. The molecule has 0 radical (unpaired) electrons. The summed E-state index contributed by atoms with van der Waals surface area (Å²) >= 11 is 0. The fourth-order valence-corrected chi connectivity index (χ4v) is 3.85. The van der Waals surface area contributed by atoms with Gasteiger partial charge in [-0.05, 0) is 25.6 Å². The summed E-state index contributed by atoms with van der Waals surface area (Å²) in [4.78, 5) is 33.9. The normalized spacial score (nSPS) is 24.5. The molecule has 0 aliphatic carbocycles. The average molecular weight is 342 g/mol. The second-order valence-corrected chi connectivity index (χ2v) is 6.99. The van der Waals surface area contributed by atoms with Crippen LogP contribution < -0.4 is 4.90 Å². The second kappa shape index (κ2) is 5.73. The van der Waals surface area contributed by atoms with Gasteiger partial charge in [-0.15, -0.1) is 0 Å². The van der Waals surface area contributed by atoms with Crippen LogP contribution in [0.15, 0.2) is 30.7 Å². The van der Waals surface area contributed by atoms with E-state index in [1.54, 1.807) is 28.0 Å². The molecule has 0 bridgehead atoms. The quantitative estimate of drug-likeness (QED) is 0.852. The molecule has 132 valence electrons. The van der Waals surface area contributed by atoms with Gasteiger partial charge in [-0.3, -0.25) is 19.2 Å². The van der Waals surface area contributed by atoms with Crippen LogP contribution in [0.2, 0.25) is 0 Å². The maximum Gasteiger partial charge on any atom is 0.270 e. The molecule has 4 heterocycles. The molecule has 1 N–H and O–H groups in total. The molecule has 0 saturated carbocycles. The third-order valence-electron chi connectivity index (χ3n) is 5.39. The summed E-state index contributed by atoms with van der Waals surface area (Å²) in [6, 6.07) is 3.62. The Kier molecular flexibility index (Phi) is 3.64. The lowest BCUT2D eigenvalue weighted by atomic mass is 9.93. The zero-order valence-electron chi connectivity index (χ0n) is 14.5. The van der Waals surface area contributed by atoms with Gasteiger partial charge in [0.25, 0.3) is 5.91 Å². The number of hydrogen-bond donors (Lipinski definition) is 1. The Morgan fingerprint density at radius 2 is 2.16 bits per heavy atom. The highest BCUT2D eigenvalue weighted by molar-refractivity contribution is 5.96. The minimum absolute atomic E-state index is 0.0140. The first-order chi connectivity index (χ1) is 12.0. The van der Waals surface area contributed by atoms with Crippen molar-refractivity contribution in [2.24, 2.45) is 7.05 Å². The van der Waals surface area contributed by atoms with Gasteiger partial charge in [0.05, 0.1) is 24.0 Å². The third-order valence-corrected chi connectivity index (χ3v) is 5.39. The van der Waals surface area contributed by atoms with Crippen molar-refractivity contribution >= 4 is 17.5 Å². The molecule has 2 aromatic rings. The van der Waals surface area contributed by atoms with E-state index in [0.29, 0.717) is 31.9 Å². The molecule has 2 aliphatic heterocycles. The SMILES string of the molecule is CN1CC(=O)N(c2cnn(C)c2)CC12CCN(C(=O)c1ccc[nH]1)C2. The number of rotatable bonds is 2. The number of piperazine rings is 1. The van der Waals surface area contributed by atoms with E-state index in [0.717, 1.165) is 12.1 Å². The monoisotopic (exact) mass is 342 g/mol. The molecule has 1 atom stereocenters. The molecule has 8 heteroatoms. The summed E-state index contributed by atoms with van der Waals surface area (Å²) in [5.74, 6) is 0.0790. The zero-order chi connectivity index (χ0) is 17.6. The number of aromatic nitrogens is 3. The molecule has 2 amide bonds. The highest BCUT2D eigenvalue weighted by Gasteiger charge is 2.49. The highest BCUT2D eigenvalue weighted by atomic mass is 16.2. The number of likely N-dealkylation sites (tertiary alicyclic amines) is 1. The molecule has 8 nitrogen and oxygen atoms in total. The number of H-pyrrole nitrogens is 1. The van der Waals surface area contributed by atoms with Crippen molar-refractivity contribution in [2.75, 3.05) is 38.1 Å². The summed E-state index contributed by atoms with van der Waals surface area (Å²) in [5, 5.41) is 4.18. The van der Waals surface area contributed by atoms with Gasteiger partial charge in [0.15, 0.2) is 0 Å². The van der Waals surface area contributed by atoms with Crippen LogP contribution in [0.25, 0.3) is 0 Å². The largest absolute Gasteiger partial charge is 0.357 e. The van der Waals surface area contributed by atoms with Gasteiger partial charge < -0.3 is 14.8 Å². The Balaban J connectivity index is 1.56. The van der Waals surface area contributed by atoms with E-state index < -0.39 is 0 Å². The molecule has 4 rings (SSSR count). The van der Waals surface area contributed by atoms with Crippen LogP contribution >= 0.6 is 0 Å². The minimum Gasteiger partial charge on any atom is -0.357 e. The number of amides is 2. The number of nitrogens with one attached hydrogen (secondary N) is 1. The molecule has 2 aliphatic rings. The fourth-order valence-electron chi connectivity index (χ4n) is 3.85. The molecule has 25 heavy (non-hydrogen) atoms. The number of anilines is 1. The molecule has 2 saturated heterocycles. The highest BCUT2D eigenvalue weighted by Crippen LogP contribution is 2.33. The van der Waals surface area contributed by atoms with E-state index in [1.165, 1.54) is 0 Å². The van der Waals surface area contributed by atoms with Crippen LogP contribution in [0.1, 0.15) is 16.9 Å². The molecule has 2 aromatic heterocycles. The van der Waals surface area contributed by atoms with E-state index in [1.807, 2.05) is 31.3 Å². The Bertz CT molecular complexity index is 798. The number of aryl methyl sites for hydroxylation is 1. The number of carbonyl (C=O) groups is 2. The Hall–Kier alpha value is -2.61. The molecule has 1 spiro atoms. The number of carbonyl (C=O) groups excluding carboxylic acids is 2. The van der Waals surface area contributed by atoms with Crippen molar-refractivity contribution in [1.29, 1.82) is 0 Å². The first kappa shape index (κ1) is 15.9. The lowest BCUT2D eigenvalue weighted by molar-refractivity contribution is -0.123. The van der Waals surface area contributed by atoms with Gasteiger partial charge in [0.1, 0.15) is 5.69 Å². The Labute approximate surface area is 146 Å². The maximum absolute atomic E-state index is 12.6. The van der Waals surface area contributed by atoms with Crippen molar-refractivity contribution in [3.63, 3.8) is 0 Å².